The van der Waals surface area contributed by atoms with Gasteiger partial charge in [-0.15, -0.1) is 10.2 Å². The Balaban J connectivity index is 2.26. The van der Waals surface area contributed by atoms with E-state index in [1.807, 2.05) is 0 Å². The van der Waals surface area contributed by atoms with Gasteiger partial charge in [0.15, 0.2) is 0 Å². The van der Waals surface area contributed by atoms with Crippen LogP contribution in [0.4, 0.5) is 0 Å². The van der Waals surface area contributed by atoms with Crippen molar-refractivity contribution in [1.82, 2.24) is 14.8 Å². The summed E-state index contributed by atoms with van der Waals surface area (Å²) in [6.07, 6.45) is 2.80. The first-order valence-corrected chi connectivity index (χ1v) is 6.14. The second-order valence-corrected chi connectivity index (χ2v) is 5.20. The molecule has 0 aromatic carbocycles. The van der Waals surface area contributed by atoms with E-state index in [-0.39, 0.29) is 5.60 Å². The number of ether oxygens (including phenoxy) is 1. The van der Waals surface area contributed by atoms with Gasteiger partial charge in [0.25, 0.3) is 0 Å². The van der Waals surface area contributed by atoms with Crippen LogP contribution in [0.3, 0.4) is 0 Å². The van der Waals surface area contributed by atoms with E-state index in [9.17, 15) is 0 Å². The van der Waals surface area contributed by atoms with Crippen molar-refractivity contribution in [3.8, 4) is 0 Å². The molecule has 0 aliphatic carbocycles. The monoisotopic (exact) mass is 243 g/mol. The van der Waals surface area contributed by atoms with Gasteiger partial charge in [-0.3, -0.25) is 4.57 Å². The second-order valence-electron chi connectivity index (χ2n) is 4.86. The van der Waals surface area contributed by atoms with Crippen molar-refractivity contribution >= 4 is 11.6 Å². The first-order valence-electron chi connectivity index (χ1n) is 5.77. The Bertz CT molecular complexity index is 375. The molecule has 0 radical (unpaired) electrons. The molecule has 1 atom stereocenters. The van der Waals surface area contributed by atoms with Crippen LogP contribution in [-0.4, -0.2) is 27.0 Å². The minimum absolute atomic E-state index is 0.0818. The van der Waals surface area contributed by atoms with Crippen molar-refractivity contribution < 1.29 is 4.74 Å². The molecule has 0 amide bonds. The Kier molecular flexibility index (Phi) is 3.22. The maximum Gasteiger partial charge on any atom is 0.225 e. The topological polar surface area (TPSA) is 39.9 Å². The van der Waals surface area contributed by atoms with Gasteiger partial charge in [-0.25, -0.2) is 0 Å². The molecule has 1 fully saturated rings. The first kappa shape index (κ1) is 11.9. The van der Waals surface area contributed by atoms with Crippen LogP contribution in [0.1, 0.15) is 45.5 Å². The van der Waals surface area contributed by atoms with Gasteiger partial charge in [0.1, 0.15) is 5.82 Å². The smallest absolute Gasteiger partial charge is 0.225 e. The number of halogens is 1. The van der Waals surface area contributed by atoms with E-state index in [0.29, 0.717) is 11.3 Å². The number of aromatic nitrogens is 3. The van der Waals surface area contributed by atoms with Crippen LogP contribution in [0.25, 0.3) is 0 Å². The summed E-state index contributed by atoms with van der Waals surface area (Å²) in [5.41, 5.74) is -0.0818. The molecule has 1 aromatic rings. The average Bonchev–Trinajstić information content (AvgIpc) is 2.58. The summed E-state index contributed by atoms with van der Waals surface area (Å²) in [7, 11) is 0. The summed E-state index contributed by atoms with van der Waals surface area (Å²) in [5, 5.41) is 8.54. The van der Waals surface area contributed by atoms with Gasteiger partial charge >= 0.3 is 0 Å². The van der Waals surface area contributed by atoms with Crippen LogP contribution in [0, 0.1) is 0 Å². The molecule has 16 heavy (non-hydrogen) atoms. The number of hydrogen-bond donors (Lipinski definition) is 0. The molecule has 1 unspecified atom stereocenters. The fraction of sp³-hybridized carbons (Fsp3) is 0.818. The molecule has 90 valence electrons. The third-order valence-corrected chi connectivity index (χ3v) is 3.33. The van der Waals surface area contributed by atoms with Gasteiger partial charge in [0.2, 0.25) is 5.28 Å². The lowest BCUT2D eigenvalue weighted by Crippen LogP contribution is -2.35. The average molecular weight is 244 g/mol. The van der Waals surface area contributed by atoms with Crippen LogP contribution in [0.15, 0.2) is 0 Å². The Labute approximate surface area is 101 Å². The summed E-state index contributed by atoms with van der Waals surface area (Å²) in [5.74, 6) is 0.965. The highest BCUT2D eigenvalue weighted by atomic mass is 35.5. The summed E-state index contributed by atoms with van der Waals surface area (Å²) >= 11 is 6.10. The van der Waals surface area contributed by atoms with Crippen LogP contribution in [0.2, 0.25) is 5.28 Å². The molecule has 0 saturated carbocycles. The molecule has 4 nitrogen and oxygen atoms in total. The quantitative estimate of drug-likeness (QED) is 0.802. The van der Waals surface area contributed by atoms with E-state index in [1.54, 1.807) is 0 Å². The van der Waals surface area contributed by atoms with Gasteiger partial charge in [-0.2, -0.15) is 0 Å². The molecule has 0 bridgehead atoms. The summed E-state index contributed by atoms with van der Waals surface area (Å²) in [6, 6.07) is 0.362. The zero-order chi connectivity index (χ0) is 11.8. The molecule has 1 aliphatic rings. The molecule has 1 aromatic heterocycles. The molecule has 0 N–H and O–H groups in total. The summed E-state index contributed by atoms with van der Waals surface area (Å²) in [4.78, 5) is 0. The van der Waals surface area contributed by atoms with Crippen molar-refractivity contribution in [1.29, 1.82) is 0 Å². The summed E-state index contributed by atoms with van der Waals surface area (Å²) in [6.45, 7) is 7.07. The highest BCUT2D eigenvalue weighted by Crippen LogP contribution is 2.34. The number of rotatable bonds is 2. The van der Waals surface area contributed by atoms with Gasteiger partial charge in [-0.05, 0) is 38.3 Å². The van der Waals surface area contributed by atoms with Crippen LogP contribution < -0.4 is 0 Å². The Morgan fingerprint density at radius 1 is 1.50 bits per heavy atom. The largest absolute Gasteiger partial charge is 0.375 e. The number of nitrogens with zero attached hydrogens (tertiary/aromatic N) is 3. The molecular weight excluding hydrogens is 226 g/mol. The van der Waals surface area contributed by atoms with Crippen molar-refractivity contribution in [2.24, 2.45) is 0 Å². The Hall–Kier alpha value is -0.610. The second kappa shape index (κ2) is 4.34. The Morgan fingerprint density at radius 2 is 2.25 bits per heavy atom. The normalized spacial score (nSPS) is 24.6. The molecule has 0 spiro atoms. The minimum atomic E-state index is -0.0818. The van der Waals surface area contributed by atoms with Gasteiger partial charge in [-0.1, -0.05) is 6.92 Å². The van der Waals surface area contributed by atoms with E-state index in [4.69, 9.17) is 16.3 Å². The number of aryl methyl sites for hydroxylation is 1. The molecule has 2 heterocycles. The zero-order valence-electron chi connectivity index (χ0n) is 10.0. The predicted molar refractivity (Wildman–Crippen MR) is 62.7 cm³/mol. The molecular formula is C11H18ClN3O. The van der Waals surface area contributed by atoms with E-state index in [1.165, 1.54) is 0 Å². The van der Waals surface area contributed by atoms with Crippen molar-refractivity contribution in [2.75, 3.05) is 6.61 Å². The fourth-order valence-corrected chi connectivity index (χ4v) is 2.60. The molecule has 1 aliphatic heterocycles. The molecule has 2 rings (SSSR count). The van der Waals surface area contributed by atoms with E-state index >= 15 is 0 Å². The minimum Gasteiger partial charge on any atom is -0.375 e. The summed E-state index contributed by atoms with van der Waals surface area (Å²) < 4.78 is 7.77. The lowest BCUT2D eigenvalue weighted by atomic mass is 9.93. The molecule has 1 saturated heterocycles. The van der Waals surface area contributed by atoms with Crippen molar-refractivity contribution in [2.45, 2.75) is 51.7 Å². The van der Waals surface area contributed by atoms with E-state index in [2.05, 4.69) is 35.5 Å². The highest BCUT2D eigenvalue weighted by Gasteiger charge is 2.31. The van der Waals surface area contributed by atoms with Crippen molar-refractivity contribution in [3.05, 3.63) is 11.1 Å². The van der Waals surface area contributed by atoms with Crippen LogP contribution in [0.5, 0.6) is 0 Å². The van der Waals surface area contributed by atoms with Crippen LogP contribution >= 0.6 is 11.6 Å². The SMILES string of the molecule is CCc1nnc(Cl)n1C1CCOC(C)(C)C1. The lowest BCUT2D eigenvalue weighted by Gasteiger charge is -2.36. The van der Waals surface area contributed by atoms with Gasteiger partial charge in [0, 0.05) is 19.1 Å². The maximum atomic E-state index is 6.10. The van der Waals surface area contributed by atoms with Crippen LogP contribution in [-0.2, 0) is 11.2 Å². The first-order chi connectivity index (χ1) is 7.53. The van der Waals surface area contributed by atoms with E-state index < -0.39 is 0 Å². The maximum absolute atomic E-state index is 6.10. The zero-order valence-corrected chi connectivity index (χ0v) is 10.8. The third kappa shape index (κ3) is 2.23. The lowest BCUT2D eigenvalue weighted by molar-refractivity contribution is -0.0694. The van der Waals surface area contributed by atoms with Crippen molar-refractivity contribution in [3.63, 3.8) is 0 Å². The van der Waals surface area contributed by atoms with Gasteiger partial charge < -0.3 is 4.74 Å². The van der Waals surface area contributed by atoms with Gasteiger partial charge in [0.05, 0.1) is 5.60 Å². The standard InChI is InChI=1S/C11H18ClN3O/c1-4-9-13-14-10(12)15(9)8-5-6-16-11(2,3)7-8/h8H,4-7H2,1-3H3. The fourth-order valence-electron chi connectivity index (χ4n) is 2.32. The third-order valence-electron chi connectivity index (χ3n) is 3.08. The number of hydrogen-bond acceptors (Lipinski definition) is 3. The predicted octanol–water partition coefficient (Wildman–Crippen LogP) is 2.62. The molecule has 5 heteroatoms. The highest BCUT2D eigenvalue weighted by molar-refractivity contribution is 6.28. The Morgan fingerprint density at radius 3 is 2.88 bits per heavy atom. The van der Waals surface area contributed by atoms with E-state index in [0.717, 1.165) is 31.7 Å².